The molecule has 5 nitrogen and oxygen atoms in total. The predicted octanol–water partition coefficient (Wildman–Crippen LogP) is 2.32. The van der Waals surface area contributed by atoms with E-state index >= 15 is 0 Å². The van der Waals surface area contributed by atoms with Gasteiger partial charge in [0.2, 0.25) is 5.88 Å². The Balaban J connectivity index is 2.35. The molecule has 0 atom stereocenters. The standard InChI is InChI=1S/C10H9BrN4O/c1-6-7(3-2-4-13-6)16-10-8(11)9(12)14-5-15-10/h2-5H,1H3,(H2,12,14,15). The van der Waals surface area contributed by atoms with Gasteiger partial charge < -0.3 is 10.5 Å². The van der Waals surface area contributed by atoms with E-state index in [0.717, 1.165) is 5.69 Å². The number of ether oxygens (including phenoxy) is 1. The topological polar surface area (TPSA) is 73.9 Å². The molecule has 6 heteroatoms. The summed E-state index contributed by atoms with van der Waals surface area (Å²) in [6.45, 7) is 1.85. The number of aryl methyl sites for hydroxylation is 1. The number of hydrogen-bond acceptors (Lipinski definition) is 5. The predicted molar refractivity (Wildman–Crippen MR) is 63.2 cm³/mol. The van der Waals surface area contributed by atoms with Crippen molar-refractivity contribution >= 4 is 21.7 Å². The summed E-state index contributed by atoms with van der Waals surface area (Å²) in [6.07, 6.45) is 3.05. The zero-order valence-corrected chi connectivity index (χ0v) is 10.1. The lowest BCUT2D eigenvalue weighted by Gasteiger charge is -2.08. The number of nitrogen functional groups attached to an aromatic ring is 1. The average molecular weight is 281 g/mol. The Morgan fingerprint density at radius 1 is 1.31 bits per heavy atom. The largest absolute Gasteiger partial charge is 0.436 e. The number of nitrogens with two attached hydrogens (primary N) is 1. The number of rotatable bonds is 2. The quantitative estimate of drug-likeness (QED) is 0.914. The maximum Gasteiger partial charge on any atom is 0.238 e. The summed E-state index contributed by atoms with van der Waals surface area (Å²) in [6, 6.07) is 3.61. The van der Waals surface area contributed by atoms with E-state index in [1.807, 2.05) is 13.0 Å². The van der Waals surface area contributed by atoms with Gasteiger partial charge in [0, 0.05) is 6.20 Å². The SMILES string of the molecule is Cc1ncccc1Oc1ncnc(N)c1Br. The highest BCUT2D eigenvalue weighted by Crippen LogP contribution is 2.30. The average Bonchev–Trinajstić information content (AvgIpc) is 2.28. The Kier molecular flexibility index (Phi) is 3.00. The zero-order valence-electron chi connectivity index (χ0n) is 8.51. The Morgan fingerprint density at radius 2 is 2.12 bits per heavy atom. The molecule has 0 aromatic carbocycles. The van der Waals surface area contributed by atoms with E-state index in [2.05, 4.69) is 30.9 Å². The van der Waals surface area contributed by atoms with Crippen LogP contribution in [0.4, 0.5) is 5.82 Å². The van der Waals surface area contributed by atoms with Crippen LogP contribution in [0, 0.1) is 6.92 Å². The van der Waals surface area contributed by atoms with E-state index in [9.17, 15) is 0 Å². The normalized spacial score (nSPS) is 10.1. The second kappa shape index (κ2) is 4.44. The second-order valence-electron chi connectivity index (χ2n) is 3.07. The molecular weight excluding hydrogens is 272 g/mol. The molecule has 0 unspecified atom stereocenters. The summed E-state index contributed by atoms with van der Waals surface area (Å²) >= 11 is 3.27. The molecule has 82 valence electrons. The fourth-order valence-electron chi connectivity index (χ4n) is 1.12. The Labute approximate surface area is 101 Å². The third-order valence-electron chi connectivity index (χ3n) is 1.95. The maximum absolute atomic E-state index is 5.62. The highest BCUT2D eigenvalue weighted by Gasteiger charge is 2.09. The van der Waals surface area contributed by atoms with Gasteiger partial charge in [-0.1, -0.05) is 0 Å². The Morgan fingerprint density at radius 3 is 2.88 bits per heavy atom. The molecular formula is C10H9BrN4O. The van der Waals surface area contributed by atoms with Gasteiger partial charge in [-0.25, -0.2) is 9.97 Å². The number of pyridine rings is 1. The van der Waals surface area contributed by atoms with Gasteiger partial charge in [-0.2, -0.15) is 0 Å². The Hall–Kier alpha value is -1.69. The molecule has 2 aromatic rings. The molecule has 16 heavy (non-hydrogen) atoms. The number of nitrogens with zero attached hydrogens (tertiary/aromatic N) is 3. The highest BCUT2D eigenvalue weighted by molar-refractivity contribution is 9.10. The fraction of sp³-hybridized carbons (Fsp3) is 0.100. The summed E-state index contributed by atoms with van der Waals surface area (Å²) in [5, 5.41) is 0. The molecule has 2 N–H and O–H groups in total. The van der Waals surface area contributed by atoms with Crippen molar-refractivity contribution in [2.75, 3.05) is 5.73 Å². The number of hydrogen-bond donors (Lipinski definition) is 1. The van der Waals surface area contributed by atoms with Crippen LogP contribution in [-0.2, 0) is 0 Å². The molecule has 0 fully saturated rings. The number of anilines is 1. The molecule has 0 aliphatic heterocycles. The van der Waals surface area contributed by atoms with Gasteiger partial charge in [-0.15, -0.1) is 0 Å². The summed E-state index contributed by atoms with van der Waals surface area (Å²) in [7, 11) is 0. The summed E-state index contributed by atoms with van der Waals surface area (Å²) in [5.74, 6) is 1.36. The van der Waals surface area contributed by atoms with Gasteiger partial charge in [0.15, 0.2) is 5.75 Å². The molecule has 0 bridgehead atoms. The van der Waals surface area contributed by atoms with Crippen LogP contribution in [0.1, 0.15) is 5.69 Å². The van der Waals surface area contributed by atoms with Gasteiger partial charge in [-0.05, 0) is 35.0 Å². The first-order chi connectivity index (χ1) is 7.68. The summed E-state index contributed by atoms with van der Waals surface area (Å²) in [5.41, 5.74) is 6.40. The van der Waals surface area contributed by atoms with Gasteiger partial charge in [0.05, 0.1) is 5.69 Å². The van der Waals surface area contributed by atoms with Crippen LogP contribution in [0.2, 0.25) is 0 Å². The van der Waals surface area contributed by atoms with Crippen molar-refractivity contribution in [1.29, 1.82) is 0 Å². The summed E-state index contributed by atoms with van der Waals surface area (Å²) in [4.78, 5) is 11.9. The molecule has 2 rings (SSSR count). The lowest BCUT2D eigenvalue weighted by atomic mass is 10.3. The first-order valence-corrected chi connectivity index (χ1v) is 5.33. The van der Waals surface area contributed by atoms with Crippen LogP contribution in [0.5, 0.6) is 11.6 Å². The van der Waals surface area contributed by atoms with E-state index < -0.39 is 0 Å². The molecule has 2 aromatic heterocycles. The van der Waals surface area contributed by atoms with Gasteiger partial charge in [0.1, 0.15) is 16.6 Å². The maximum atomic E-state index is 5.62. The van der Waals surface area contributed by atoms with Crippen molar-refractivity contribution in [2.45, 2.75) is 6.92 Å². The zero-order chi connectivity index (χ0) is 11.5. The third-order valence-corrected chi connectivity index (χ3v) is 2.69. The van der Waals surface area contributed by atoms with Crippen molar-refractivity contribution in [3.8, 4) is 11.6 Å². The smallest absolute Gasteiger partial charge is 0.238 e. The first-order valence-electron chi connectivity index (χ1n) is 4.54. The van der Waals surface area contributed by atoms with E-state index in [-0.39, 0.29) is 0 Å². The van der Waals surface area contributed by atoms with Crippen LogP contribution in [0.25, 0.3) is 0 Å². The van der Waals surface area contributed by atoms with Crippen molar-refractivity contribution in [3.05, 3.63) is 34.8 Å². The molecule has 0 spiro atoms. The van der Waals surface area contributed by atoms with Crippen LogP contribution in [0.3, 0.4) is 0 Å². The van der Waals surface area contributed by atoms with E-state index in [0.29, 0.717) is 21.9 Å². The molecule has 0 amide bonds. The van der Waals surface area contributed by atoms with Crippen molar-refractivity contribution in [3.63, 3.8) is 0 Å². The second-order valence-corrected chi connectivity index (χ2v) is 3.86. The molecule has 0 aliphatic rings. The highest BCUT2D eigenvalue weighted by atomic mass is 79.9. The minimum Gasteiger partial charge on any atom is -0.436 e. The van der Waals surface area contributed by atoms with Crippen LogP contribution in [-0.4, -0.2) is 15.0 Å². The fourth-order valence-corrected chi connectivity index (χ4v) is 1.40. The van der Waals surface area contributed by atoms with Gasteiger partial charge in [0.25, 0.3) is 0 Å². The molecule has 0 aliphatic carbocycles. The van der Waals surface area contributed by atoms with Crippen LogP contribution < -0.4 is 10.5 Å². The van der Waals surface area contributed by atoms with Crippen molar-refractivity contribution < 1.29 is 4.74 Å². The number of aromatic nitrogens is 3. The van der Waals surface area contributed by atoms with E-state index in [1.165, 1.54) is 6.33 Å². The van der Waals surface area contributed by atoms with Crippen molar-refractivity contribution in [2.24, 2.45) is 0 Å². The minimum absolute atomic E-state index is 0.339. The van der Waals surface area contributed by atoms with Gasteiger partial charge >= 0.3 is 0 Å². The van der Waals surface area contributed by atoms with Crippen molar-refractivity contribution in [1.82, 2.24) is 15.0 Å². The van der Waals surface area contributed by atoms with E-state index in [4.69, 9.17) is 10.5 Å². The number of halogens is 1. The molecule has 0 saturated carbocycles. The van der Waals surface area contributed by atoms with Crippen LogP contribution in [0.15, 0.2) is 29.1 Å². The lowest BCUT2D eigenvalue weighted by molar-refractivity contribution is 0.452. The molecule has 0 radical (unpaired) electrons. The lowest BCUT2D eigenvalue weighted by Crippen LogP contribution is -1.97. The van der Waals surface area contributed by atoms with Gasteiger partial charge in [-0.3, -0.25) is 4.98 Å². The first kappa shape index (κ1) is 10.8. The van der Waals surface area contributed by atoms with Crippen LogP contribution >= 0.6 is 15.9 Å². The monoisotopic (exact) mass is 280 g/mol. The summed E-state index contributed by atoms with van der Waals surface area (Å²) < 4.78 is 6.12. The Bertz CT molecular complexity index is 518. The van der Waals surface area contributed by atoms with E-state index in [1.54, 1.807) is 12.3 Å². The molecule has 2 heterocycles. The minimum atomic E-state index is 0.339. The third kappa shape index (κ3) is 2.11. The molecule has 0 saturated heterocycles.